The molecule has 156 valence electrons. The van der Waals surface area contributed by atoms with Crippen molar-refractivity contribution in [2.45, 2.75) is 36.3 Å². The summed E-state index contributed by atoms with van der Waals surface area (Å²) in [5.41, 5.74) is 3.27. The van der Waals surface area contributed by atoms with Gasteiger partial charge < -0.3 is 9.88 Å². The lowest BCUT2D eigenvalue weighted by Gasteiger charge is -2.32. The first-order valence-corrected chi connectivity index (χ1v) is 11.4. The quantitative estimate of drug-likeness (QED) is 0.585. The Labute approximate surface area is 182 Å². The smallest absolute Gasteiger partial charge is 0.251 e. The van der Waals surface area contributed by atoms with Gasteiger partial charge in [-0.1, -0.05) is 54.2 Å². The van der Waals surface area contributed by atoms with E-state index in [0.29, 0.717) is 0 Å². The summed E-state index contributed by atoms with van der Waals surface area (Å²) in [6.45, 7) is 3.02. The van der Waals surface area contributed by atoms with E-state index in [0.717, 1.165) is 48.9 Å². The number of likely N-dealkylation sites (tertiary alicyclic amines) is 1. The van der Waals surface area contributed by atoms with E-state index in [4.69, 9.17) is 0 Å². The van der Waals surface area contributed by atoms with E-state index in [2.05, 4.69) is 45.5 Å². The van der Waals surface area contributed by atoms with E-state index in [-0.39, 0.29) is 11.9 Å². The lowest BCUT2D eigenvalue weighted by Crippen LogP contribution is -2.44. The standard InChI is InChI=1S/C24H28N4OS/c1-27-16-13-25-24(27)30-18-20-7-9-21(10-8-20)23(29)26-22-11-14-28(15-12-22)17-19-5-3-2-4-6-19/h2-10,13,16,22H,11-12,14-15,17-18H2,1H3,(H,26,29). The predicted molar refractivity (Wildman–Crippen MR) is 121 cm³/mol. The summed E-state index contributed by atoms with van der Waals surface area (Å²) in [7, 11) is 1.99. The van der Waals surface area contributed by atoms with Crippen molar-refractivity contribution in [1.82, 2.24) is 19.8 Å². The number of amides is 1. The van der Waals surface area contributed by atoms with E-state index in [1.165, 1.54) is 11.1 Å². The van der Waals surface area contributed by atoms with Crippen molar-refractivity contribution in [3.63, 3.8) is 0 Å². The monoisotopic (exact) mass is 420 g/mol. The van der Waals surface area contributed by atoms with Crippen LogP contribution in [-0.4, -0.2) is 39.5 Å². The normalized spacial score (nSPS) is 15.2. The second-order valence-electron chi connectivity index (χ2n) is 7.82. The van der Waals surface area contributed by atoms with Gasteiger partial charge in [0.25, 0.3) is 5.91 Å². The number of aromatic nitrogens is 2. The Bertz CT molecular complexity index is 947. The molecule has 6 heteroatoms. The number of thioether (sulfide) groups is 1. The van der Waals surface area contributed by atoms with Crippen molar-refractivity contribution in [2.24, 2.45) is 7.05 Å². The van der Waals surface area contributed by atoms with Crippen LogP contribution in [0.15, 0.2) is 72.1 Å². The summed E-state index contributed by atoms with van der Waals surface area (Å²) in [6.07, 6.45) is 5.75. The molecule has 2 heterocycles. The van der Waals surface area contributed by atoms with Crippen molar-refractivity contribution < 1.29 is 4.79 Å². The van der Waals surface area contributed by atoms with Gasteiger partial charge in [0.15, 0.2) is 5.16 Å². The molecule has 1 aliphatic rings. The molecular weight excluding hydrogens is 392 g/mol. The second-order valence-corrected chi connectivity index (χ2v) is 8.76. The highest BCUT2D eigenvalue weighted by Gasteiger charge is 2.21. The summed E-state index contributed by atoms with van der Waals surface area (Å²) in [5, 5.41) is 4.21. The Morgan fingerprint density at radius 3 is 2.47 bits per heavy atom. The second kappa shape index (κ2) is 9.96. The van der Waals surface area contributed by atoms with Gasteiger partial charge in [0, 0.05) is 56.4 Å². The van der Waals surface area contributed by atoms with Crippen LogP contribution in [0.3, 0.4) is 0 Å². The van der Waals surface area contributed by atoms with Gasteiger partial charge in [0.2, 0.25) is 0 Å². The van der Waals surface area contributed by atoms with Gasteiger partial charge in [-0.05, 0) is 36.1 Å². The lowest BCUT2D eigenvalue weighted by molar-refractivity contribution is 0.0909. The van der Waals surface area contributed by atoms with Crippen LogP contribution < -0.4 is 5.32 Å². The highest BCUT2D eigenvalue weighted by atomic mass is 32.2. The SMILES string of the molecule is Cn1ccnc1SCc1ccc(C(=O)NC2CCN(Cc3ccccc3)CC2)cc1. The number of imidazole rings is 1. The van der Waals surface area contributed by atoms with E-state index < -0.39 is 0 Å². The van der Waals surface area contributed by atoms with Crippen LogP contribution in [0.1, 0.15) is 34.3 Å². The summed E-state index contributed by atoms with van der Waals surface area (Å²) < 4.78 is 2.01. The Kier molecular flexibility index (Phi) is 6.87. The fraction of sp³-hybridized carbons (Fsp3) is 0.333. The highest BCUT2D eigenvalue weighted by molar-refractivity contribution is 7.98. The van der Waals surface area contributed by atoms with Crippen molar-refractivity contribution >= 4 is 17.7 Å². The molecule has 1 fully saturated rings. The summed E-state index contributed by atoms with van der Waals surface area (Å²) in [4.78, 5) is 19.4. The molecule has 0 atom stereocenters. The summed E-state index contributed by atoms with van der Waals surface area (Å²) >= 11 is 1.70. The van der Waals surface area contributed by atoms with Crippen molar-refractivity contribution in [3.05, 3.63) is 83.7 Å². The van der Waals surface area contributed by atoms with Gasteiger partial charge in [0.05, 0.1) is 0 Å². The van der Waals surface area contributed by atoms with Gasteiger partial charge in [-0.2, -0.15) is 0 Å². The fourth-order valence-electron chi connectivity index (χ4n) is 3.74. The molecule has 0 bridgehead atoms. The molecule has 5 nitrogen and oxygen atoms in total. The molecule has 1 amide bonds. The molecule has 1 saturated heterocycles. The Morgan fingerprint density at radius 1 is 1.07 bits per heavy atom. The van der Waals surface area contributed by atoms with Gasteiger partial charge >= 0.3 is 0 Å². The van der Waals surface area contributed by atoms with Crippen molar-refractivity contribution in [2.75, 3.05) is 13.1 Å². The van der Waals surface area contributed by atoms with Crippen LogP contribution in [0, 0.1) is 0 Å². The Hall–Kier alpha value is -2.57. The minimum absolute atomic E-state index is 0.0276. The number of nitrogens with zero attached hydrogens (tertiary/aromatic N) is 3. The summed E-state index contributed by atoms with van der Waals surface area (Å²) in [5.74, 6) is 0.868. The van der Waals surface area contributed by atoms with Crippen LogP contribution in [0.4, 0.5) is 0 Å². The number of hydrogen-bond acceptors (Lipinski definition) is 4. The Morgan fingerprint density at radius 2 is 1.80 bits per heavy atom. The molecular formula is C24H28N4OS. The maximum atomic E-state index is 12.6. The minimum atomic E-state index is 0.0276. The van der Waals surface area contributed by atoms with Crippen LogP contribution in [0.2, 0.25) is 0 Å². The van der Waals surface area contributed by atoms with E-state index in [9.17, 15) is 4.79 Å². The number of carbonyl (C=O) groups is 1. The number of carbonyl (C=O) groups excluding carboxylic acids is 1. The number of hydrogen-bond donors (Lipinski definition) is 1. The first kappa shape index (κ1) is 20.7. The van der Waals surface area contributed by atoms with Gasteiger partial charge in [-0.25, -0.2) is 4.98 Å². The van der Waals surface area contributed by atoms with Crippen LogP contribution in [0.5, 0.6) is 0 Å². The maximum Gasteiger partial charge on any atom is 0.251 e. The fourth-order valence-corrected chi connectivity index (χ4v) is 4.63. The number of piperidine rings is 1. The van der Waals surface area contributed by atoms with Gasteiger partial charge in [-0.15, -0.1) is 0 Å². The number of aryl methyl sites for hydroxylation is 1. The number of nitrogens with one attached hydrogen (secondary N) is 1. The molecule has 0 spiro atoms. The molecule has 1 aromatic heterocycles. The lowest BCUT2D eigenvalue weighted by atomic mass is 10.0. The van der Waals surface area contributed by atoms with Crippen LogP contribution in [0.25, 0.3) is 0 Å². The zero-order chi connectivity index (χ0) is 20.8. The molecule has 0 saturated carbocycles. The highest BCUT2D eigenvalue weighted by Crippen LogP contribution is 2.21. The molecule has 4 rings (SSSR count). The van der Waals surface area contributed by atoms with Crippen molar-refractivity contribution in [3.8, 4) is 0 Å². The minimum Gasteiger partial charge on any atom is -0.349 e. The zero-order valence-electron chi connectivity index (χ0n) is 17.3. The largest absolute Gasteiger partial charge is 0.349 e. The average molecular weight is 421 g/mol. The predicted octanol–water partition coefficient (Wildman–Crippen LogP) is 4.11. The maximum absolute atomic E-state index is 12.6. The number of benzene rings is 2. The van der Waals surface area contributed by atoms with Crippen LogP contribution >= 0.6 is 11.8 Å². The van der Waals surface area contributed by atoms with Crippen LogP contribution in [-0.2, 0) is 19.3 Å². The first-order chi connectivity index (χ1) is 14.7. The molecule has 2 aromatic carbocycles. The molecule has 3 aromatic rings. The molecule has 0 aliphatic carbocycles. The van der Waals surface area contributed by atoms with E-state index in [1.54, 1.807) is 11.8 Å². The first-order valence-electron chi connectivity index (χ1n) is 10.4. The molecule has 1 N–H and O–H groups in total. The molecule has 0 unspecified atom stereocenters. The topological polar surface area (TPSA) is 50.2 Å². The molecule has 1 aliphatic heterocycles. The zero-order valence-corrected chi connectivity index (χ0v) is 18.1. The van der Waals surface area contributed by atoms with E-state index >= 15 is 0 Å². The Balaban J connectivity index is 1.23. The number of rotatable bonds is 7. The van der Waals surface area contributed by atoms with E-state index in [1.807, 2.05) is 48.3 Å². The van der Waals surface area contributed by atoms with Crippen molar-refractivity contribution in [1.29, 1.82) is 0 Å². The van der Waals surface area contributed by atoms with Gasteiger partial charge in [-0.3, -0.25) is 9.69 Å². The molecule has 0 radical (unpaired) electrons. The van der Waals surface area contributed by atoms with Gasteiger partial charge in [0.1, 0.15) is 0 Å². The summed E-state index contributed by atoms with van der Waals surface area (Å²) in [6, 6.07) is 18.7. The third-order valence-corrected chi connectivity index (χ3v) is 6.66. The molecule has 30 heavy (non-hydrogen) atoms. The third kappa shape index (κ3) is 5.52. The third-order valence-electron chi connectivity index (χ3n) is 5.53. The average Bonchev–Trinajstić information content (AvgIpc) is 3.19.